The van der Waals surface area contributed by atoms with Gasteiger partial charge >= 0.3 is 0 Å². The first-order chi connectivity index (χ1) is 7.31. The molecule has 1 aromatic heterocycles. The number of piperazine rings is 1. The van der Waals surface area contributed by atoms with Crippen molar-refractivity contribution in [2.45, 2.75) is 6.04 Å². The van der Waals surface area contributed by atoms with Gasteiger partial charge in [-0.05, 0) is 19.2 Å². The van der Waals surface area contributed by atoms with Crippen LogP contribution in [0.2, 0.25) is 0 Å². The Bertz CT molecular complexity index is 278. The Morgan fingerprint density at radius 3 is 2.67 bits per heavy atom. The van der Waals surface area contributed by atoms with Crippen LogP contribution in [0, 0.1) is 0 Å². The lowest BCUT2D eigenvalue weighted by Gasteiger charge is -2.36. The fourth-order valence-corrected chi connectivity index (χ4v) is 2.06. The van der Waals surface area contributed by atoms with Crippen molar-refractivity contribution in [1.29, 1.82) is 0 Å². The molecular formula is C11H19N3O. The Labute approximate surface area is 90.6 Å². The number of hydrogen-bond donors (Lipinski definition) is 1. The molecule has 0 unspecified atom stereocenters. The quantitative estimate of drug-likeness (QED) is 0.788. The minimum Gasteiger partial charge on any atom is -0.468 e. The minimum atomic E-state index is 0.244. The van der Waals surface area contributed by atoms with Gasteiger partial charge in [-0.1, -0.05) is 0 Å². The van der Waals surface area contributed by atoms with Gasteiger partial charge in [0.1, 0.15) is 5.76 Å². The molecule has 2 heterocycles. The Morgan fingerprint density at radius 2 is 2.13 bits per heavy atom. The predicted molar refractivity (Wildman–Crippen MR) is 59.6 cm³/mol. The van der Waals surface area contributed by atoms with Gasteiger partial charge in [-0.15, -0.1) is 0 Å². The number of nitrogens with two attached hydrogens (primary N) is 1. The second-order valence-electron chi connectivity index (χ2n) is 4.11. The zero-order chi connectivity index (χ0) is 10.7. The molecule has 4 heteroatoms. The second-order valence-corrected chi connectivity index (χ2v) is 4.11. The monoisotopic (exact) mass is 209 g/mol. The number of furan rings is 1. The van der Waals surface area contributed by atoms with Crippen LogP contribution >= 0.6 is 0 Å². The first-order valence-corrected chi connectivity index (χ1v) is 5.47. The van der Waals surface area contributed by atoms with Crippen molar-refractivity contribution in [2.24, 2.45) is 5.73 Å². The molecule has 1 aliphatic heterocycles. The number of likely N-dealkylation sites (N-methyl/N-ethyl adjacent to an activating group) is 1. The van der Waals surface area contributed by atoms with Crippen molar-refractivity contribution >= 4 is 0 Å². The summed E-state index contributed by atoms with van der Waals surface area (Å²) in [5.74, 6) is 0.988. The first-order valence-electron chi connectivity index (χ1n) is 5.47. The van der Waals surface area contributed by atoms with Crippen molar-refractivity contribution in [3.05, 3.63) is 24.2 Å². The molecule has 1 atom stereocenters. The molecule has 0 bridgehead atoms. The van der Waals surface area contributed by atoms with Crippen LogP contribution in [0.5, 0.6) is 0 Å². The number of nitrogens with zero attached hydrogens (tertiary/aromatic N) is 2. The van der Waals surface area contributed by atoms with Crippen molar-refractivity contribution in [2.75, 3.05) is 39.8 Å². The largest absolute Gasteiger partial charge is 0.468 e. The Kier molecular flexibility index (Phi) is 3.41. The fraction of sp³-hybridized carbons (Fsp3) is 0.636. The molecule has 0 radical (unpaired) electrons. The number of rotatable bonds is 3. The second kappa shape index (κ2) is 4.79. The molecule has 2 rings (SSSR count). The van der Waals surface area contributed by atoms with Crippen molar-refractivity contribution in [3.8, 4) is 0 Å². The van der Waals surface area contributed by atoms with Crippen molar-refractivity contribution in [1.82, 2.24) is 9.80 Å². The molecule has 15 heavy (non-hydrogen) atoms. The molecule has 0 amide bonds. The van der Waals surface area contributed by atoms with E-state index >= 15 is 0 Å². The van der Waals surface area contributed by atoms with E-state index in [0.717, 1.165) is 31.9 Å². The van der Waals surface area contributed by atoms with Gasteiger partial charge in [0.25, 0.3) is 0 Å². The van der Waals surface area contributed by atoms with Crippen LogP contribution in [0.15, 0.2) is 22.8 Å². The highest BCUT2D eigenvalue weighted by Crippen LogP contribution is 2.21. The lowest BCUT2D eigenvalue weighted by Crippen LogP contribution is -2.47. The standard InChI is InChI=1S/C11H19N3O/c1-13-4-6-14(7-5-13)10(9-12)11-3-2-8-15-11/h2-3,8,10H,4-7,9,12H2,1H3/t10-/m0/s1. The van der Waals surface area contributed by atoms with E-state index in [-0.39, 0.29) is 6.04 Å². The lowest BCUT2D eigenvalue weighted by molar-refractivity contribution is 0.104. The van der Waals surface area contributed by atoms with E-state index in [4.69, 9.17) is 10.2 Å². The van der Waals surface area contributed by atoms with Crippen LogP contribution in [0.1, 0.15) is 11.8 Å². The lowest BCUT2D eigenvalue weighted by atomic mass is 10.1. The normalized spacial score (nSPS) is 21.7. The molecule has 2 N–H and O–H groups in total. The van der Waals surface area contributed by atoms with Gasteiger partial charge in [-0.2, -0.15) is 0 Å². The van der Waals surface area contributed by atoms with Crippen LogP contribution in [0.4, 0.5) is 0 Å². The van der Waals surface area contributed by atoms with Crippen LogP contribution < -0.4 is 5.73 Å². The Morgan fingerprint density at radius 1 is 1.40 bits per heavy atom. The van der Waals surface area contributed by atoms with Gasteiger partial charge in [-0.3, -0.25) is 4.90 Å². The Balaban J connectivity index is 2.01. The van der Waals surface area contributed by atoms with E-state index in [1.807, 2.05) is 12.1 Å². The third-order valence-electron chi connectivity index (χ3n) is 3.07. The third kappa shape index (κ3) is 2.40. The molecule has 0 spiro atoms. The van der Waals surface area contributed by atoms with E-state index in [0.29, 0.717) is 6.54 Å². The predicted octanol–water partition coefficient (Wildman–Crippen LogP) is 0.527. The zero-order valence-corrected chi connectivity index (χ0v) is 9.22. The molecule has 84 valence electrons. The Hall–Kier alpha value is -0.840. The molecule has 1 fully saturated rings. The van der Waals surface area contributed by atoms with E-state index < -0.39 is 0 Å². The summed E-state index contributed by atoms with van der Waals surface area (Å²) in [4.78, 5) is 4.74. The van der Waals surface area contributed by atoms with Crippen LogP contribution in [-0.2, 0) is 0 Å². The minimum absolute atomic E-state index is 0.244. The first kappa shape index (κ1) is 10.7. The molecule has 0 aliphatic carbocycles. The highest BCUT2D eigenvalue weighted by atomic mass is 16.3. The van der Waals surface area contributed by atoms with Gasteiger partial charge in [0.15, 0.2) is 0 Å². The summed E-state index contributed by atoms with van der Waals surface area (Å²) in [5.41, 5.74) is 5.81. The van der Waals surface area contributed by atoms with Crippen molar-refractivity contribution in [3.63, 3.8) is 0 Å². The fourth-order valence-electron chi connectivity index (χ4n) is 2.06. The average Bonchev–Trinajstić information content (AvgIpc) is 2.75. The molecule has 0 saturated carbocycles. The van der Waals surface area contributed by atoms with E-state index in [1.165, 1.54) is 0 Å². The van der Waals surface area contributed by atoms with Crippen molar-refractivity contribution < 1.29 is 4.42 Å². The topological polar surface area (TPSA) is 45.6 Å². The summed E-state index contributed by atoms with van der Waals surface area (Å²) in [6, 6.07) is 4.18. The number of hydrogen-bond acceptors (Lipinski definition) is 4. The molecule has 4 nitrogen and oxygen atoms in total. The molecule has 0 aromatic carbocycles. The summed E-state index contributed by atoms with van der Waals surface area (Å²) in [7, 11) is 2.15. The van der Waals surface area contributed by atoms with Gasteiger partial charge < -0.3 is 15.1 Å². The van der Waals surface area contributed by atoms with E-state index in [1.54, 1.807) is 6.26 Å². The average molecular weight is 209 g/mol. The zero-order valence-electron chi connectivity index (χ0n) is 9.22. The summed E-state index contributed by atoms with van der Waals surface area (Å²) < 4.78 is 5.43. The van der Waals surface area contributed by atoms with Crippen LogP contribution in [0.3, 0.4) is 0 Å². The van der Waals surface area contributed by atoms with Gasteiger partial charge in [-0.25, -0.2) is 0 Å². The maximum absolute atomic E-state index is 5.81. The van der Waals surface area contributed by atoms with Gasteiger partial charge in [0.05, 0.1) is 12.3 Å². The van der Waals surface area contributed by atoms with Gasteiger partial charge in [0, 0.05) is 32.7 Å². The molecule has 1 aliphatic rings. The maximum Gasteiger partial charge on any atom is 0.122 e. The molecule has 1 aromatic rings. The van der Waals surface area contributed by atoms with Crippen LogP contribution in [0.25, 0.3) is 0 Å². The smallest absolute Gasteiger partial charge is 0.122 e. The summed E-state index contributed by atoms with van der Waals surface area (Å²) >= 11 is 0. The summed E-state index contributed by atoms with van der Waals surface area (Å²) in [6.07, 6.45) is 1.72. The summed E-state index contributed by atoms with van der Waals surface area (Å²) in [5, 5.41) is 0. The molecule has 1 saturated heterocycles. The molecular weight excluding hydrogens is 190 g/mol. The highest BCUT2D eigenvalue weighted by molar-refractivity contribution is 5.05. The van der Waals surface area contributed by atoms with Gasteiger partial charge in [0.2, 0.25) is 0 Å². The third-order valence-corrected chi connectivity index (χ3v) is 3.07. The van der Waals surface area contributed by atoms with E-state index in [9.17, 15) is 0 Å². The highest BCUT2D eigenvalue weighted by Gasteiger charge is 2.24. The van der Waals surface area contributed by atoms with E-state index in [2.05, 4.69) is 16.8 Å². The van der Waals surface area contributed by atoms with Crippen LogP contribution in [-0.4, -0.2) is 49.6 Å². The SMILES string of the molecule is CN1CCN([C@@H](CN)c2ccco2)CC1. The summed E-state index contributed by atoms with van der Waals surface area (Å²) in [6.45, 7) is 4.98. The maximum atomic E-state index is 5.81.